The second-order valence-corrected chi connectivity index (χ2v) is 10.1. The number of alkyl halides is 3. The molecule has 4 nitrogen and oxygen atoms in total. The van der Waals surface area contributed by atoms with Crippen LogP contribution in [0.2, 0.25) is 0 Å². The van der Waals surface area contributed by atoms with Gasteiger partial charge >= 0.3 is 12.3 Å². The maximum absolute atomic E-state index is 14.5. The first kappa shape index (κ1) is 26.2. The first-order chi connectivity index (χ1) is 17.3. The molecule has 7 heteroatoms. The van der Waals surface area contributed by atoms with Gasteiger partial charge in [-0.2, -0.15) is 13.2 Å². The van der Waals surface area contributed by atoms with Gasteiger partial charge in [0.2, 0.25) is 0 Å². The van der Waals surface area contributed by atoms with Crippen LogP contribution in [-0.4, -0.2) is 23.8 Å². The van der Waals surface area contributed by atoms with Crippen molar-refractivity contribution in [3.05, 3.63) is 113 Å². The summed E-state index contributed by atoms with van der Waals surface area (Å²) in [6.45, 7) is 6.92. The van der Waals surface area contributed by atoms with E-state index in [1.54, 1.807) is 99.6 Å². The monoisotopic (exact) mass is 507 g/mol. The molecule has 37 heavy (non-hydrogen) atoms. The van der Waals surface area contributed by atoms with Gasteiger partial charge in [-0.3, -0.25) is 4.79 Å². The standard InChI is InChI=1S/C30H28F3NO3/c1-20-14-16-21(17-15-20)23(18-19-29(31,32)33)30(22-10-6-5-7-11-22)24-12-8-9-13-25(24)34(26(30)35)27(36)37-28(2,3)4/h5-19,23H,1-4H3/b19-18+. The molecule has 4 rings (SSSR count). The molecule has 1 aliphatic rings. The minimum Gasteiger partial charge on any atom is -0.443 e. The van der Waals surface area contributed by atoms with E-state index in [2.05, 4.69) is 0 Å². The Morgan fingerprint density at radius 2 is 1.51 bits per heavy atom. The number of fused-ring (bicyclic) bond motifs is 1. The number of hydrogen-bond acceptors (Lipinski definition) is 3. The molecule has 0 aromatic heterocycles. The summed E-state index contributed by atoms with van der Waals surface area (Å²) in [5.74, 6) is -1.76. The molecule has 2 unspecified atom stereocenters. The van der Waals surface area contributed by atoms with Crippen LogP contribution in [0.3, 0.4) is 0 Å². The number of ether oxygens (including phenoxy) is 1. The molecule has 0 N–H and O–H groups in total. The smallest absolute Gasteiger partial charge is 0.421 e. The lowest BCUT2D eigenvalue weighted by molar-refractivity contribution is -0.122. The van der Waals surface area contributed by atoms with Crippen molar-refractivity contribution in [2.45, 2.75) is 50.8 Å². The second-order valence-electron chi connectivity index (χ2n) is 10.1. The van der Waals surface area contributed by atoms with Crippen molar-refractivity contribution in [1.82, 2.24) is 0 Å². The van der Waals surface area contributed by atoms with Crippen LogP contribution in [-0.2, 0) is 14.9 Å². The number of amides is 2. The fraction of sp³-hybridized carbons (Fsp3) is 0.267. The van der Waals surface area contributed by atoms with Gasteiger partial charge in [0.1, 0.15) is 11.0 Å². The summed E-state index contributed by atoms with van der Waals surface area (Å²) in [6, 6.07) is 22.3. The number of para-hydroxylation sites is 1. The molecule has 192 valence electrons. The highest BCUT2D eigenvalue weighted by atomic mass is 19.4. The van der Waals surface area contributed by atoms with E-state index in [1.807, 2.05) is 6.92 Å². The zero-order valence-electron chi connectivity index (χ0n) is 21.0. The summed E-state index contributed by atoms with van der Waals surface area (Å²) < 4.78 is 46.2. The number of benzene rings is 3. The molecule has 0 radical (unpaired) electrons. The zero-order valence-corrected chi connectivity index (χ0v) is 21.0. The number of rotatable bonds is 4. The van der Waals surface area contributed by atoms with Crippen molar-refractivity contribution in [2.75, 3.05) is 4.90 Å². The van der Waals surface area contributed by atoms with E-state index >= 15 is 0 Å². The van der Waals surface area contributed by atoms with E-state index < -0.39 is 35.1 Å². The number of allylic oxidation sites excluding steroid dienone is 2. The Kier molecular flexibility index (Phi) is 6.76. The predicted molar refractivity (Wildman–Crippen MR) is 136 cm³/mol. The minimum atomic E-state index is -4.60. The maximum atomic E-state index is 14.5. The second kappa shape index (κ2) is 9.54. The summed E-state index contributed by atoms with van der Waals surface area (Å²) >= 11 is 0. The third-order valence-corrected chi connectivity index (χ3v) is 6.30. The molecule has 1 heterocycles. The number of halogens is 3. The van der Waals surface area contributed by atoms with E-state index in [0.29, 0.717) is 16.7 Å². The third kappa shape index (κ3) is 5.03. The van der Waals surface area contributed by atoms with Gasteiger partial charge in [0.15, 0.2) is 0 Å². The summed E-state index contributed by atoms with van der Waals surface area (Å²) in [6.07, 6.45) is -4.31. The number of aryl methyl sites for hydroxylation is 1. The molecule has 0 spiro atoms. The molecule has 3 aromatic rings. The molecule has 0 saturated heterocycles. The number of hydrogen-bond donors (Lipinski definition) is 0. The summed E-state index contributed by atoms with van der Waals surface area (Å²) in [4.78, 5) is 28.8. The third-order valence-electron chi connectivity index (χ3n) is 6.30. The van der Waals surface area contributed by atoms with Crippen molar-refractivity contribution in [2.24, 2.45) is 0 Å². The number of carbonyl (C=O) groups excluding carboxylic acids is 2. The van der Waals surface area contributed by atoms with Crippen LogP contribution in [0.5, 0.6) is 0 Å². The van der Waals surface area contributed by atoms with Crippen LogP contribution >= 0.6 is 0 Å². The van der Waals surface area contributed by atoms with E-state index in [1.165, 1.54) is 0 Å². The van der Waals surface area contributed by atoms with Gasteiger partial charge in [-0.05, 0) is 50.5 Å². The number of carbonyl (C=O) groups is 2. The molecule has 2 atom stereocenters. The molecule has 0 aliphatic carbocycles. The van der Waals surface area contributed by atoms with Gasteiger partial charge in [-0.15, -0.1) is 0 Å². The SMILES string of the molecule is Cc1ccc(C(/C=C/C(F)(F)F)C2(c3ccccc3)C(=O)N(C(=O)OC(C)(C)C)c3ccccc32)cc1. The summed E-state index contributed by atoms with van der Waals surface area (Å²) in [5.41, 5.74) is 0.0463. The van der Waals surface area contributed by atoms with Crippen LogP contribution in [0.4, 0.5) is 23.7 Å². The summed E-state index contributed by atoms with van der Waals surface area (Å²) in [5, 5.41) is 0. The fourth-order valence-electron chi connectivity index (χ4n) is 4.84. The van der Waals surface area contributed by atoms with Gasteiger partial charge in [0.05, 0.1) is 5.69 Å². The predicted octanol–water partition coefficient (Wildman–Crippen LogP) is 7.47. The van der Waals surface area contributed by atoms with Crippen molar-refractivity contribution in [3.8, 4) is 0 Å². The Morgan fingerprint density at radius 1 is 0.919 bits per heavy atom. The van der Waals surface area contributed by atoms with Crippen LogP contribution in [0.1, 0.15) is 48.9 Å². The van der Waals surface area contributed by atoms with E-state index in [9.17, 15) is 22.8 Å². The Balaban J connectivity index is 2.06. The van der Waals surface area contributed by atoms with Gasteiger partial charge in [-0.1, -0.05) is 84.4 Å². The van der Waals surface area contributed by atoms with Crippen LogP contribution in [0.15, 0.2) is 91.0 Å². The number of anilines is 1. The Labute approximate surface area is 214 Å². The lowest BCUT2D eigenvalue weighted by Gasteiger charge is -2.36. The molecule has 0 fully saturated rings. The topological polar surface area (TPSA) is 46.6 Å². The first-order valence-corrected chi connectivity index (χ1v) is 11.9. The average molecular weight is 508 g/mol. The van der Waals surface area contributed by atoms with Crippen molar-refractivity contribution in [3.63, 3.8) is 0 Å². The minimum absolute atomic E-state index is 0.161. The molecule has 0 saturated carbocycles. The van der Waals surface area contributed by atoms with Crippen molar-refractivity contribution < 1.29 is 27.5 Å². The highest BCUT2D eigenvalue weighted by Gasteiger charge is 2.58. The molecular formula is C30H28F3NO3. The quantitative estimate of drug-likeness (QED) is 0.344. The molecule has 3 aromatic carbocycles. The number of imide groups is 1. The Bertz CT molecular complexity index is 1320. The molecule has 1 aliphatic heterocycles. The lowest BCUT2D eigenvalue weighted by atomic mass is 9.64. The number of nitrogens with zero attached hydrogens (tertiary/aromatic N) is 1. The van der Waals surface area contributed by atoms with E-state index in [4.69, 9.17) is 4.74 Å². The Morgan fingerprint density at radius 3 is 2.11 bits per heavy atom. The van der Waals surface area contributed by atoms with Gasteiger partial charge in [0, 0.05) is 12.0 Å². The van der Waals surface area contributed by atoms with Crippen LogP contribution < -0.4 is 4.90 Å². The van der Waals surface area contributed by atoms with Gasteiger partial charge < -0.3 is 4.74 Å². The molecule has 2 amide bonds. The zero-order chi connectivity index (χ0) is 27.0. The van der Waals surface area contributed by atoms with Gasteiger partial charge in [-0.25, -0.2) is 9.69 Å². The van der Waals surface area contributed by atoms with Crippen molar-refractivity contribution >= 4 is 17.7 Å². The van der Waals surface area contributed by atoms with Crippen LogP contribution in [0.25, 0.3) is 0 Å². The van der Waals surface area contributed by atoms with Crippen molar-refractivity contribution in [1.29, 1.82) is 0 Å². The molecule has 0 bridgehead atoms. The maximum Gasteiger partial charge on any atom is 0.421 e. The Hall–Kier alpha value is -3.87. The van der Waals surface area contributed by atoms with E-state index in [-0.39, 0.29) is 11.8 Å². The lowest BCUT2D eigenvalue weighted by Crippen LogP contribution is -2.48. The van der Waals surface area contributed by atoms with Crippen LogP contribution in [0, 0.1) is 6.92 Å². The molecular weight excluding hydrogens is 479 g/mol. The average Bonchev–Trinajstić information content (AvgIpc) is 3.08. The summed E-state index contributed by atoms with van der Waals surface area (Å²) in [7, 11) is 0. The normalized spacial score (nSPS) is 18.7. The van der Waals surface area contributed by atoms with Gasteiger partial charge in [0.25, 0.3) is 5.91 Å². The fourth-order valence-corrected chi connectivity index (χ4v) is 4.84. The van der Waals surface area contributed by atoms with E-state index in [0.717, 1.165) is 16.5 Å². The highest BCUT2D eigenvalue weighted by molar-refractivity contribution is 6.23. The highest BCUT2D eigenvalue weighted by Crippen LogP contribution is 2.54. The first-order valence-electron chi connectivity index (χ1n) is 11.9. The largest absolute Gasteiger partial charge is 0.443 e.